The molecular weight excluding hydrogens is 546 g/mol. The summed E-state index contributed by atoms with van der Waals surface area (Å²) in [5, 5.41) is 3.47. The first-order valence-corrected chi connectivity index (χ1v) is 14.9. The van der Waals surface area contributed by atoms with Gasteiger partial charge in [0.25, 0.3) is 10.0 Å². The third-order valence-corrected chi connectivity index (χ3v) is 8.69. The molecule has 9 heteroatoms. The number of anilines is 1. The van der Waals surface area contributed by atoms with Gasteiger partial charge in [0.15, 0.2) is 0 Å². The third kappa shape index (κ3) is 7.64. The number of halogens is 1. The Balaban J connectivity index is 2.08. The lowest BCUT2D eigenvalue weighted by Crippen LogP contribution is -2.54. The topological polar surface area (TPSA) is 86.8 Å². The van der Waals surface area contributed by atoms with Crippen LogP contribution in [0.3, 0.4) is 0 Å². The maximum atomic E-state index is 14.1. The molecule has 7 nitrogen and oxygen atoms in total. The number of sulfonamides is 1. The maximum Gasteiger partial charge on any atom is 0.264 e. The first-order valence-electron chi connectivity index (χ1n) is 13.1. The van der Waals surface area contributed by atoms with Crippen LogP contribution in [-0.4, -0.2) is 43.3 Å². The summed E-state index contributed by atoms with van der Waals surface area (Å²) >= 11 is 6.06. The van der Waals surface area contributed by atoms with Crippen LogP contribution >= 0.6 is 11.6 Å². The van der Waals surface area contributed by atoms with Gasteiger partial charge in [-0.1, -0.05) is 53.6 Å². The zero-order chi connectivity index (χ0) is 29.8. The van der Waals surface area contributed by atoms with E-state index in [1.807, 2.05) is 47.6 Å². The lowest BCUT2D eigenvalue weighted by Gasteiger charge is -2.34. The number of nitrogens with one attached hydrogen (secondary N) is 1. The fourth-order valence-corrected chi connectivity index (χ4v) is 5.80. The minimum Gasteiger partial charge on any atom is -0.350 e. The highest BCUT2D eigenvalue weighted by Gasteiger charge is 2.34. The molecule has 0 aliphatic rings. The fourth-order valence-electron chi connectivity index (χ4n) is 4.20. The minimum atomic E-state index is -4.12. The quantitative estimate of drug-likeness (QED) is 0.345. The summed E-state index contributed by atoms with van der Waals surface area (Å²) in [6.07, 6.45) is 0. The Kier molecular flexibility index (Phi) is 9.69. The van der Waals surface area contributed by atoms with Crippen molar-refractivity contribution < 1.29 is 18.0 Å². The second-order valence-electron chi connectivity index (χ2n) is 11.1. The second-order valence-corrected chi connectivity index (χ2v) is 13.4. The molecule has 3 rings (SSSR count). The molecule has 1 N–H and O–H groups in total. The van der Waals surface area contributed by atoms with Crippen LogP contribution in [0.4, 0.5) is 5.69 Å². The van der Waals surface area contributed by atoms with Crippen LogP contribution in [0.5, 0.6) is 0 Å². The zero-order valence-corrected chi connectivity index (χ0v) is 25.7. The molecule has 0 bridgehead atoms. The first kappa shape index (κ1) is 31.2. The predicted octanol–water partition coefficient (Wildman–Crippen LogP) is 5.79. The molecule has 40 heavy (non-hydrogen) atoms. The Hall–Kier alpha value is -3.36. The number of benzene rings is 3. The molecule has 0 unspecified atom stereocenters. The van der Waals surface area contributed by atoms with Crippen LogP contribution in [0.25, 0.3) is 0 Å². The molecule has 3 aromatic rings. The number of aryl methyl sites for hydroxylation is 2. The van der Waals surface area contributed by atoms with Gasteiger partial charge in [0.05, 0.1) is 10.6 Å². The molecule has 0 aromatic heterocycles. The lowest BCUT2D eigenvalue weighted by molar-refractivity contribution is -0.140. The van der Waals surface area contributed by atoms with Crippen molar-refractivity contribution in [1.82, 2.24) is 10.2 Å². The smallest absolute Gasteiger partial charge is 0.264 e. The van der Waals surface area contributed by atoms with E-state index in [-0.39, 0.29) is 17.3 Å². The maximum absolute atomic E-state index is 14.1. The van der Waals surface area contributed by atoms with E-state index in [1.54, 1.807) is 55.5 Å². The van der Waals surface area contributed by atoms with Crippen LogP contribution in [0.1, 0.15) is 49.9 Å². The van der Waals surface area contributed by atoms with E-state index < -0.39 is 34.1 Å². The Morgan fingerprint density at radius 3 is 2.10 bits per heavy atom. The minimum absolute atomic E-state index is 0.0783. The number of hydrogen-bond acceptors (Lipinski definition) is 4. The van der Waals surface area contributed by atoms with E-state index in [2.05, 4.69) is 5.32 Å². The van der Waals surface area contributed by atoms with Gasteiger partial charge in [-0.15, -0.1) is 0 Å². The molecule has 2 amide bonds. The molecule has 0 heterocycles. The lowest BCUT2D eigenvalue weighted by atomic mass is 10.1. The summed E-state index contributed by atoms with van der Waals surface area (Å²) in [7, 11) is -4.12. The van der Waals surface area contributed by atoms with Crippen molar-refractivity contribution in [2.24, 2.45) is 0 Å². The van der Waals surface area contributed by atoms with Crippen molar-refractivity contribution in [2.45, 2.75) is 71.5 Å². The molecule has 0 fully saturated rings. The molecule has 0 spiro atoms. The number of rotatable bonds is 9. The van der Waals surface area contributed by atoms with Gasteiger partial charge in [-0.2, -0.15) is 0 Å². The summed E-state index contributed by atoms with van der Waals surface area (Å²) in [6, 6.07) is 18.0. The first-order chi connectivity index (χ1) is 18.6. The summed E-state index contributed by atoms with van der Waals surface area (Å²) < 4.78 is 29.2. The Labute approximate surface area is 243 Å². The number of hydrogen-bond donors (Lipinski definition) is 1. The summed E-state index contributed by atoms with van der Waals surface area (Å²) in [6.45, 7) is 12.4. The average molecular weight is 584 g/mol. The van der Waals surface area contributed by atoms with Gasteiger partial charge in [-0.25, -0.2) is 8.42 Å². The van der Waals surface area contributed by atoms with Crippen LogP contribution in [0, 0.1) is 20.8 Å². The molecule has 0 saturated heterocycles. The van der Waals surface area contributed by atoms with E-state index >= 15 is 0 Å². The van der Waals surface area contributed by atoms with Crippen molar-refractivity contribution in [2.75, 3.05) is 10.8 Å². The van der Waals surface area contributed by atoms with E-state index in [1.165, 1.54) is 17.0 Å². The molecule has 0 aliphatic heterocycles. The average Bonchev–Trinajstić information content (AvgIpc) is 2.87. The third-order valence-electron chi connectivity index (χ3n) is 6.66. The van der Waals surface area contributed by atoms with E-state index in [4.69, 9.17) is 11.6 Å². The molecule has 1 atom stereocenters. The normalized spacial score (nSPS) is 12.5. The highest BCUT2D eigenvalue weighted by molar-refractivity contribution is 7.92. The van der Waals surface area contributed by atoms with Gasteiger partial charge in [0, 0.05) is 17.1 Å². The highest BCUT2D eigenvalue weighted by atomic mass is 35.5. The van der Waals surface area contributed by atoms with Crippen LogP contribution in [-0.2, 0) is 26.2 Å². The Bertz CT molecular complexity index is 1460. The predicted molar refractivity (Wildman–Crippen MR) is 161 cm³/mol. The molecule has 0 radical (unpaired) electrons. The fraction of sp³-hybridized carbons (Fsp3) is 0.355. The van der Waals surface area contributed by atoms with Crippen molar-refractivity contribution in [3.05, 3.63) is 94.0 Å². The number of carbonyl (C=O) groups is 2. The number of carbonyl (C=O) groups excluding carboxylic acids is 2. The second kappa shape index (κ2) is 12.4. The van der Waals surface area contributed by atoms with Gasteiger partial charge < -0.3 is 10.2 Å². The van der Waals surface area contributed by atoms with Gasteiger partial charge >= 0.3 is 0 Å². The molecule has 214 valence electrons. The molecule has 0 saturated carbocycles. The largest absolute Gasteiger partial charge is 0.350 e. The molecule has 0 aliphatic carbocycles. The molecular formula is C31H38ClN3O4S. The number of amides is 2. The highest BCUT2D eigenvalue weighted by Crippen LogP contribution is 2.29. The van der Waals surface area contributed by atoms with Crippen LogP contribution in [0.2, 0.25) is 5.02 Å². The van der Waals surface area contributed by atoms with Crippen molar-refractivity contribution >= 4 is 39.1 Å². The summed E-state index contributed by atoms with van der Waals surface area (Å²) in [4.78, 5) is 28.7. The van der Waals surface area contributed by atoms with E-state index in [0.717, 1.165) is 26.6 Å². The Morgan fingerprint density at radius 2 is 1.52 bits per heavy atom. The van der Waals surface area contributed by atoms with Gasteiger partial charge in [0.1, 0.15) is 12.6 Å². The van der Waals surface area contributed by atoms with E-state index in [0.29, 0.717) is 10.7 Å². The molecule has 3 aromatic carbocycles. The van der Waals surface area contributed by atoms with Crippen molar-refractivity contribution in [3.63, 3.8) is 0 Å². The Morgan fingerprint density at radius 1 is 0.925 bits per heavy atom. The summed E-state index contributed by atoms with van der Waals surface area (Å²) in [5.41, 5.74) is 3.21. The van der Waals surface area contributed by atoms with Crippen molar-refractivity contribution in [3.8, 4) is 0 Å². The monoisotopic (exact) mass is 583 g/mol. The van der Waals surface area contributed by atoms with Crippen molar-refractivity contribution in [1.29, 1.82) is 0 Å². The summed E-state index contributed by atoms with van der Waals surface area (Å²) in [5.74, 6) is -0.849. The zero-order valence-electron chi connectivity index (χ0n) is 24.2. The van der Waals surface area contributed by atoms with Crippen LogP contribution < -0.4 is 9.62 Å². The van der Waals surface area contributed by atoms with Gasteiger partial charge in [-0.3, -0.25) is 13.9 Å². The van der Waals surface area contributed by atoms with Crippen LogP contribution in [0.15, 0.2) is 71.6 Å². The SMILES string of the molecule is Cc1ccc(S(=O)(=O)N(CC(=O)N(Cc2ccc(Cl)cc2)[C@H](C)C(=O)NC(C)(C)C)c2cccc(C)c2C)cc1. The van der Waals surface area contributed by atoms with E-state index in [9.17, 15) is 18.0 Å². The number of nitrogens with zero attached hydrogens (tertiary/aromatic N) is 2. The standard InChI is InChI=1S/C31H38ClN3O4S/c1-21-11-17-27(18-12-21)40(38,39)35(28-10-8-9-22(2)23(28)3)20-29(36)34(19-25-13-15-26(32)16-14-25)24(4)30(37)33-31(5,6)7/h8-18,24H,19-20H2,1-7H3,(H,33,37)/t24-/m1/s1. The van der Waals surface area contributed by atoms with Gasteiger partial charge in [-0.05, 0) is 95.5 Å². The van der Waals surface area contributed by atoms with Gasteiger partial charge in [0.2, 0.25) is 11.8 Å².